The topological polar surface area (TPSA) is 26.0 Å². The van der Waals surface area contributed by atoms with Crippen LogP contribution in [0.3, 0.4) is 0 Å². The van der Waals surface area contributed by atoms with Crippen LogP contribution in [-0.2, 0) is 0 Å². The highest BCUT2D eigenvalue weighted by molar-refractivity contribution is 5.29. The van der Waals surface area contributed by atoms with Crippen molar-refractivity contribution >= 4 is 0 Å². The van der Waals surface area contributed by atoms with Gasteiger partial charge in [-0.15, -0.1) is 0 Å². The van der Waals surface area contributed by atoms with Crippen LogP contribution in [0.5, 0.6) is 0 Å². The fourth-order valence-corrected chi connectivity index (χ4v) is 1.66. The van der Waals surface area contributed by atoms with Gasteiger partial charge in [-0.25, -0.2) is 4.39 Å². The third kappa shape index (κ3) is 2.55. The first-order chi connectivity index (χ1) is 6.52. The predicted octanol–water partition coefficient (Wildman–Crippen LogP) is 3.18. The van der Waals surface area contributed by atoms with E-state index in [0.29, 0.717) is 11.5 Å². The van der Waals surface area contributed by atoms with E-state index in [1.54, 1.807) is 13.0 Å². The van der Waals surface area contributed by atoms with Crippen molar-refractivity contribution in [1.82, 2.24) is 0 Å². The van der Waals surface area contributed by atoms with Gasteiger partial charge in [0.15, 0.2) is 0 Å². The Hall–Kier alpha value is -0.890. The molecule has 0 saturated heterocycles. The van der Waals surface area contributed by atoms with E-state index in [2.05, 4.69) is 13.8 Å². The minimum absolute atomic E-state index is 0.0503. The molecule has 78 valence electrons. The molecule has 1 aromatic carbocycles. The molecule has 0 bridgehead atoms. The van der Waals surface area contributed by atoms with E-state index in [0.717, 1.165) is 12.0 Å². The molecule has 1 atom stereocenters. The Bertz CT molecular complexity index is 307. The van der Waals surface area contributed by atoms with Crippen LogP contribution in [0.4, 0.5) is 4.39 Å². The van der Waals surface area contributed by atoms with Gasteiger partial charge in [0.2, 0.25) is 0 Å². The summed E-state index contributed by atoms with van der Waals surface area (Å²) < 4.78 is 13.2. The lowest BCUT2D eigenvalue weighted by atomic mass is 9.94. The molecule has 0 unspecified atom stereocenters. The van der Waals surface area contributed by atoms with Gasteiger partial charge in [-0.2, -0.15) is 0 Å². The molecule has 0 aliphatic rings. The van der Waals surface area contributed by atoms with Gasteiger partial charge in [0, 0.05) is 6.04 Å². The molecule has 0 amide bonds. The fourth-order valence-electron chi connectivity index (χ4n) is 1.66. The zero-order valence-electron chi connectivity index (χ0n) is 9.05. The van der Waals surface area contributed by atoms with Crippen LogP contribution in [0.1, 0.15) is 37.4 Å². The first-order valence-electron chi connectivity index (χ1n) is 5.03. The number of halogens is 1. The highest BCUT2D eigenvalue weighted by Crippen LogP contribution is 2.23. The summed E-state index contributed by atoms with van der Waals surface area (Å²) in [6.07, 6.45) is 0.893. The maximum absolute atomic E-state index is 13.2. The SMILES string of the molecule is Cc1c(F)cccc1[C@@H](N)CC(C)C. The van der Waals surface area contributed by atoms with Gasteiger partial charge in [-0.05, 0) is 36.5 Å². The van der Waals surface area contributed by atoms with Gasteiger partial charge in [0.25, 0.3) is 0 Å². The second-order valence-corrected chi connectivity index (χ2v) is 4.19. The molecule has 0 aromatic heterocycles. The van der Waals surface area contributed by atoms with Crippen molar-refractivity contribution in [2.75, 3.05) is 0 Å². The summed E-state index contributed by atoms with van der Waals surface area (Å²) in [6, 6.07) is 5.05. The number of benzene rings is 1. The Balaban J connectivity index is 2.89. The lowest BCUT2D eigenvalue weighted by Gasteiger charge is -2.16. The molecule has 0 radical (unpaired) electrons. The third-order valence-electron chi connectivity index (χ3n) is 2.43. The quantitative estimate of drug-likeness (QED) is 0.787. The van der Waals surface area contributed by atoms with E-state index in [4.69, 9.17) is 5.73 Å². The number of rotatable bonds is 3. The molecule has 0 aliphatic heterocycles. The van der Waals surface area contributed by atoms with E-state index in [9.17, 15) is 4.39 Å². The minimum atomic E-state index is -0.165. The molecule has 2 heteroatoms. The lowest BCUT2D eigenvalue weighted by molar-refractivity contribution is 0.504. The second kappa shape index (κ2) is 4.56. The molecule has 0 fully saturated rings. The molecule has 0 aliphatic carbocycles. The molecular formula is C12H18FN. The minimum Gasteiger partial charge on any atom is -0.324 e. The predicted molar refractivity (Wildman–Crippen MR) is 57.5 cm³/mol. The van der Waals surface area contributed by atoms with Crippen molar-refractivity contribution in [1.29, 1.82) is 0 Å². The van der Waals surface area contributed by atoms with Crippen LogP contribution < -0.4 is 5.73 Å². The summed E-state index contributed by atoms with van der Waals surface area (Å²) in [6.45, 7) is 6.02. The highest BCUT2D eigenvalue weighted by atomic mass is 19.1. The lowest BCUT2D eigenvalue weighted by Crippen LogP contribution is -2.14. The standard InChI is InChI=1S/C12H18FN/c1-8(2)7-12(14)10-5-4-6-11(13)9(10)3/h4-6,8,12H,7,14H2,1-3H3/t12-/m0/s1. The number of hydrogen-bond acceptors (Lipinski definition) is 1. The summed E-state index contributed by atoms with van der Waals surface area (Å²) in [4.78, 5) is 0. The molecule has 0 saturated carbocycles. The van der Waals surface area contributed by atoms with Crippen molar-refractivity contribution in [3.05, 3.63) is 35.1 Å². The Morgan fingerprint density at radius 1 is 1.36 bits per heavy atom. The van der Waals surface area contributed by atoms with Crippen molar-refractivity contribution in [2.24, 2.45) is 11.7 Å². The third-order valence-corrected chi connectivity index (χ3v) is 2.43. The summed E-state index contributed by atoms with van der Waals surface area (Å²) in [5, 5.41) is 0. The molecule has 0 spiro atoms. The summed E-state index contributed by atoms with van der Waals surface area (Å²) in [5.74, 6) is 0.370. The average molecular weight is 195 g/mol. The molecule has 1 aromatic rings. The molecule has 0 heterocycles. The van der Waals surface area contributed by atoms with E-state index in [1.165, 1.54) is 6.07 Å². The number of nitrogens with two attached hydrogens (primary N) is 1. The van der Waals surface area contributed by atoms with Crippen LogP contribution in [0.2, 0.25) is 0 Å². The van der Waals surface area contributed by atoms with Gasteiger partial charge in [0.1, 0.15) is 5.82 Å². The molecule has 1 nitrogen and oxygen atoms in total. The summed E-state index contributed by atoms with van der Waals surface area (Å²) in [5.41, 5.74) is 7.61. The largest absolute Gasteiger partial charge is 0.324 e. The highest BCUT2D eigenvalue weighted by Gasteiger charge is 2.12. The average Bonchev–Trinajstić information content (AvgIpc) is 2.08. The van der Waals surface area contributed by atoms with Crippen LogP contribution in [0, 0.1) is 18.7 Å². The zero-order chi connectivity index (χ0) is 10.7. The van der Waals surface area contributed by atoms with E-state index < -0.39 is 0 Å². The Morgan fingerprint density at radius 3 is 2.57 bits per heavy atom. The Labute approximate surface area is 85.1 Å². The van der Waals surface area contributed by atoms with Crippen LogP contribution in [-0.4, -0.2) is 0 Å². The van der Waals surface area contributed by atoms with Gasteiger partial charge in [-0.3, -0.25) is 0 Å². The van der Waals surface area contributed by atoms with Gasteiger partial charge >= 0.3 is 0 Å². The molecule has 14 heavy (non-hydrogen) atoms. The van der Waals surface area contributed by atoms with Gasteiger partial charge < -0.3 is 5.73 Å². The smallest absolute Gasteiger partial charge is 0.126 e. The number of hydrogen-bond donors (Lipinski definition) is 1. The fraction of sp³-hybridized carbons (Fsp3) is 0.500. The second-order valence-electron chi connectivity index (χ2n) is 4.19. The van der Waals surface area contributed by atoms with Crippen molar-refractivity contribution in [3.63, 3.8) is 0 Å². The van der Waals surface area contributed by atoms with E-state index >= 15 is 0 Å². The van der Waals surface area contributed by atoms with E-state index in [1.807, 2.05) is 6.07 Å². The normalized spacial score (nSPS) is 13.3. The van der Waals surface area contributed by atoms with Crippen molar-refractivity contribution in [3.8, 4) is 0 Å². The zero-order valence-corrected chi connectivity index (χ0v) is 9.05. The molecule has 1 rings (SSSR count). The molecular weight excluding hydrogens is 177 g/mol. The van der Waals surface area contributed by atoms with Gasteiger partial charge in [0.05, 0.1) is 0 Å². The maximum atomic E-state index is 13.2. The van der Waals surface area contributed by atoms with Gasteiger partial charge in [-0.1, -0.05) is 26.0 Å². The first-order valence-corrected chi connectivity index (χ1v) is 5.03. The van der Waals surface area contributed by atoms with E-state index in [-0.39, 0.29) is 11.9 Å². The van der Waals surface area contributed by atoms with Crippen molar-refractivity contribution < 1.29 is 4.39 Å². The Kier molecular flexibility index (Phi) is 3.64. The van der Waals surface area contributed by atoms with Crippen LogP contribution in [0.25, 0.3) is 0 Å². The van der Waals surface area contributed by atoms with Crippen LogP contribution >= 0.6 is 0 Å². The first kappa shape index (κ1) is 11.2. The Morgan fingerprint density at radius 2 is 2.00 bits per heavy atom. The molecule has 2 N–H and O–H groups in total. The summed E-state index contributed by atoms with van der Waals surface area (Å²) >= 11 is 0. The van der Waals surface area contributed by atoms with Crippen LogP contribution in [0.15, 0.2) is 18.2 Å². The monoisotopic (exact) mass is 195 g/mol. The van der Waals surface area contributed by atoms with Crippen molar-refractivity contribution in [2.45, 2.75) is 33.2 Å². The summed E-state index contributed by atoms with van der Waals surface area (Å²) in [7, 11) is 0. The maximum Gasteiger partial charge on any atom is 0.126 e.